The topological polar surface area (TPSA) is 70.8 Å². The molecule has 104 valence electrons. The monoisotopic (exact) mass is 271 g/mol. The van der Waals surface area contributed by atoms with Crippen LogP contribution in [0.2, 0.25) is 0 Å². The summed E-state index contributed by atoms with van der Waals surface area (Å²) in [5.41, 5.74) is -1.26. The number of rotatable bonds is 4. The lowest BCUT2D eigenvalue weighted by atomic mass is 10.1. The van der Waals surface area contributed by atoms with Gasteiger partial charge in [0, 0.05) is 12.1 Å². The summed E-state index contributed by atoms with van der Waals surface area (Å²) in [5, 5.41) is 10.9. The molecule has 0 aliphatic carbocycles. The van der Waals surface area contributed by atoms with E-state index < -0.39 is 22.6 Å². The Labute approximate surface area is 109 Å². The average Bonchev–Trinajstić information content (AvgIpc) is 2.81. The van der Waals surface area contributed by atoms with Crippen molar-refractivity contribution in [3.63, 3.8) is 0 Å². The van der Waals surface area contributed by atoms with Crippen molar-refractivity contribution in [1.29, 1.82) is 0 Å². The molecule has 0 unspecified atom stereocenters. The summed E-state index contributed by atoms with van der Waals surface area (Å²) < 4.78 is 29.3. The summed E-state index contributed by atoms with van der Waals surface area (Å²) in [6.07, 6.45) is -0.643. The molecule has 2 rings (SSSR count). The molecule has 0 saturated carbocycles. The fourth-order valence-corrected chi connectivity index (χ4v) is 1.81. The van der Waals surface area contributed by atoms with E-state index in [-0.39, 0.29) is 11.4 Å². The van der Waals surface area contributed by atoms with E-state index in [1.54, 1.807) is 13.8 Å². The van der Waals surface area contributed by atoms with E-state index in [2.05, 4.69) is 0 Å². The Bertz CT molecular complexity index is 485. The number of nitrogens with zero attached hydrogens (tertiary/aromatic N) is 1. The molecule has 1 aliphatic rings. The molecular formula is C12H14FNO5. The lowest BCUT2D eigenvalue weighted by molar-refractivity contribution is -0.386. The third kappa shape index (κ3) is 2.99. The van der Waals surface area contributed by atoms with Crippen molar-refractivity contribution >= 4 is 5.69 Å². The molecule has 1 aromatic carbocycles. The third-order valence-corrected chi connectivity index (χ3v) is 2.68. The number of nitro benzene ring substituents is 1. The average molecular weight is 271 g/mol. The van der Waals surface area contributed by atoms with E-state index in [1.165, 1.54) is 0 Å². The van der Waals surface area contributed by atoms with Crippen LogP contribution >= 0.6 is 0 Å². The highest BCUT2D eigenvalue weighted by Gasteiger charge is 2.38. The molecule has 19 heavy (non-hydrogen) atoms. The highest BCUT2D eigenvalue weighted by molar-refractivity contribution is 5.46. The molecule has 1 saturated heterocycles. The normalized spacial score (nSPS) is 16.6. The number of hydrogen-bond donors (Lipinski definition) is 0. The lowest BCUT2D eigenvalue weighted by Crippen LogP contribution is -2.42. The van der Waals surface area contributed by atoms with Gasteiger partial charge in [-0.15, -0.1) is 0 Å². The van der Waals surface area contributed by atoms with Crippen LogP contribution in [0.5, 0.6) is 5.75 Å². The SMILES string of the molecule is CC(C)(Oc1cc(F)ccc1[N+](=O)[O-])C1OCCO1. The minimum absolute atomic E-state index is 0.144. The summed E-state index contributed by atoms with van der Waals surface area (Å²) >= 11 is 0. The molecule has 1 aliphatic heterocycles. The zero-order valence-corrected chi connectivity index (χ0v) is 10.6. The molecule has 0 bridgehead atoms. The number of hydrogen-bond acceptors (Lipinski definition) is 5. The van der Waals surface area contributed by atoms with Gasteiger partial charge in [-0.2, -0.15) is 0 Å². The Morgan fingerprint density at radius 3 is 2.63 bits per heavy atom. The van der Waals surface area contributed by atoms with Crippen molar-refractivity contribution in [2.75, 3.05) is 13.2 Å². The second-order valence-corrected chi connectivity index (χ2v) is 4.65. The van der Waals surface area contributed by atoms with Gasteiger partial charge in [0.25, 0.3) is 0 Å². The standard InChI is InChI=1S/C12H14FNO5/c1-12(2,11-17-5-6-18-11)19-10-7-8(13)3-4-9(10)14(15)16/h3-4,7,11H,5-6H2,1-2H3. The van der Waals surface area contributed by atoms with E-state index in [1.807, 2.05) is 0 Å². The number of benzene rings is 1. The molecule has 6 nitrogen and oxygen atoms in total. The Morgan fingerprint density at radius 1 is 1.42 bits per heavy atom. The van der Waals surface area contributed by atoms with Gasteiger partial charge in [-0.3, -0.25) is 10.1 Å². The Kier molecular flexibility index (Phi) is 3.68. The largest absolute Gasteiger partial charge is 0.475 e. The fourth-order valence-electron chi connectivity index (χ4n) is 1.81. The van der Waals surface area contributed by atoms with Crippen LogP contribution in [0.15, 0.2) is 18.2 Å². The van der Waals surface area contributed by atoms with Gasteiger partial charge in [0.05, 0.1) is 18.1 Å². The predicted molar refractivity (Wildman–Crippen MR) is 63.5 cm³/mol. The highest BCUT2D eigenvalue weighted by atomic mass is 19.1. The molecule has 0 amide bonds. The molecule has 1 fully saturated rings. The Balaban J connectivity index is 2.26. The van der Waals surface area contributed by atoms with Gasteiger partial charge >= 0.3 is 5.69 Å². The minimum atomic E-state index is -0.963. The van der Waals surface area contributed by atoms with Crippen LogP contribution in [0.3, 0.4) is 0 Å². The first-order valence-electron chi connectivity index (χ1n) is 5.76. The van der Waals surface area contributed by atoms with Crippen LogP contribution < -0.4 is 4.74 Å². The second kappa shape index (κ2) is 5.10. The molecule has 0 N–H and O–H groups in total. The van der Waals surface area contributed by atoms with Crippen molar-refractivity contribution in [2.45, 2.75) is 25.7 Å². The van der Waals surface area contributed by atoms with Gasteiger partial charge in [0.2, 0.25) is 5.75 Å². The van der Waals surface area contributed by atoms with Gasteiger partial charge in [-0.25, -0.2) is 4.39 Å². The van der Waals surface area contributed by atoms with E-state index in [4.69, 9.17) is 14.2 Å². The van der Waals surface area contributed by atoms with Gasteiger partial charge in [0.1, 0.15) is 5.82 Å². The Morgan fingerprint density at radius 2 is 2.05 bits per heavy atom. The molecule has 0 spiro atoms. The molecule has 1 heterocycles. The lowest BCUT2D eigenvalue weighted by Gasteiger charge is -2.30. The van der Waals surface area contributed by atoms with Crippen LogP contribution in [-0.2, 0) is 9.47 Å². The van der Waals surface area contributed by atoms with Crippen molar-refractivity contribution in [2.24, 2.45) is 0 Å². The molecule has 0 radical (unpaired) electrons. The van der Waals surface area contributed by atoms with E-state index in [0.29, 0.717) is 13.2 Å². The van der Waals surface area contributed by atoms with Crippen LogP contribution in [0.25, 0.3) is 0 Å². The summed E-state index contributed by atoms with van der Waals surface area (Å²) in [6, 6.07) is 3.06. The van der Waals surface area contributed by atoms with Gasteiger partial charge in [0.15, 0.2) is 11.9 Å². The first-order chi connectivity index (χ1) is 8.90. The predicted octanol–water partition coefficient (Wildman–Crippen LogP) is 2.26. The van der Waals surface area contributed by atoms with Crippen LogP contribution in [0.4, 0.5) is 10.1 Å². The minimum Gasteiger partial charge on any atom is -0.475 e. The van der Waals surface area contributed by atoms with Gasteiger partial charge in [-0.05, 0) is 19.9 Å². The molecule has 7 heteroatoms. The molecule has 0 aromatic heterocycles. The summed E-state index contributed by atoms with van der Waals surface area (Å²) in [6.45, 7) is 4.20. The van der Waals surface area contributed by atoms with Crippen LogP contribution in [0, 0.1) is 15.9 Å². The molecule has 1 aromatic rings. The van der Waals surface area contributed by atoms with Gasteiger partial charge < -0.3 is 14.2 Å². The zero-order valence-electron chi connectivity index (χ0n) is 10.6. The maximum atomic E-state index is 13.2. The maximum absolute atomic E-state index is 13.2. The molecule has 0 atom stereocenters. The zero-order chi connectivity index (χ0) is 14.0. The number of halogens is 1. The first kappa shape index (κ1) is 13.7. The smallest absolute Gasteiger partial charge is 0.311 e. The van der Waals surface area contributed by atoms with Crippen molar-refractivity contribution < 1.29 is 23.5 Å². The van der Waals surface area contributed by atoms with Crippen LogP contribution in [0.1, 0.15) is 13.8 Å². The third-order valence-electron chi connectivity index (χ3n) is 2.68. The number of nitro groups is 1. The summed E-state index contributed by atoms with van der Waals surface area (Å²) in [4.78, 5) is 10.3. The van der Waals surface area contributed by atoms with E-state index in [0.717, 1.165) is 18.2 Å². The summed E-state index contributed by atoms with van der Waals surface area (Å²) in [5.74, 6) is -0.751. The maximum Gasteiger partial charge on any atom is 0.311 e. The van der Waals surface area contributed by atoms with Crippen molar-refractivity contribution in [1.82, 2.24) is 0 Å². The van der Waals surface area contributed by atoms with Crippen molar-refractivity contribution in [3.8, 4) is 5.75 Å². The fraction of sp³-hybridized carbons (Fsp3) is 0.500. The Hall–Kier alpha value is -1.73. The quantitative estimate of drug-likeness (QED) is 0.620. The second-order valence-electron chi connectivity index (χ2n) is 4.65. The first-order valence-corrected chi connectivity index (χ1v) is 5.76. The molecular weight excluding hydrogens is 257 g/mol. The van der Waals surface area contributed by atoms with Gasteiger partial charge in [-0.1, -0.05) is 0 Å². The highest BCUT2D eigenvalue weighted by Crippen LogP contribution is 2.33. The van der Waals surface area contributed by atoms with Crippen LogP contribution in [-0.4, -0.2) is 30.0 Å². The number of ether oxygens (including phenoxy) is 3. The van der Waals surface area contributed by atoms with Crippen molar-refractivity contribution in [3.05, 3.63) is 34.1 Å². The van der Waals surface area contributed by atoms with E-state index >= 15 is 0 Å². The van der Waals surface area contributed by atoms with E-state index in [9.17, 15) is 14.5 Å². The summed E-state index contributed by atoms with van der Waals surface area (Å²) in [7, 11) is 0.